The Bertz CT molecular complexity index is 476. The van der Waals surface area contributed by atoms with Crippen LogP contribution in [0.2, 0.25) is 0 Å². The Morgan fingerprint density at radius 3 is 2.79 bits per heavy atom. The highest BCUT2D eigenvalue weighted by Gasteiger charge is 2.11. The van der Waals surface area contributed by atoms with E-state index in [0.29, 0.717) is 9.32 Å². The van der Waals surface area contributed by atoms with Crippen molar-refractivity contribution in [3.63, 3.8) is 0 Å². The molecule has 1 aromatic rings. The summed E-state index contributed by atoms with van der Waals surface area (Å²) in [5.41, 5.74) is 0.265. The van der Waals surface area contributed by atoms with Crippen molar-refractivity contribution in [2.45, 2.75) is 13.0 Å². The topological polar surface area (TPSA) is 55.8 Å². The summed E-state index contributed by atoms with van der Waals surface area (Å²) in [6, 6.07) is 4.07. The monoisotopic (exact) mass is 380 g/mol. The van der Waals surface area contributed by atoms with E-state index in [9.17, 15) is 14.3 Å². The molecule has 0 radical (unpaired) electrons. The van der Waals surface area contributed by atoms with Gasteiger partial charge in [0.1, 0.15) is 30.9 Å². The molecule has 1 unspecified atom stereocenters. The number of esters is 1. The van der Waals surface area contributed by atoms with Crippen LogP contribution in [-0.4, -0.2) is 30.4 Å². The summed E-state index contributed by atoms with van der Waals surface area (Å²) >= 11 is 1.93. The molecule has 1 atom stereocenters. The number of aliphatic hydroxyl groups excluding tert-OH is 1. The van der Waals surface area contributed by atoms with Crippen LogP contribution in [0, 0.1) is 9.39 Å². The predicted octanol–water partition coefficient (Wildman–Crippen LogP) is 2.29. The molecule has 0 heterocycles. The smallest absolute Gasteiger partial charge is 0.333 e. The molecule has 0 aliphatic rings. The zero-order valence-corrected chi connectivity index (χ0v) is 12.5. The molecule has 0 saturated carbocycles. The molecular weight excluding hydrogens is 366 g/mol. The van der Waals surface area contributed by atoms with E-state index < -0.39 is 12.1 Å². The highest BCUT2D eigenvalue weighted by molar-refractivity contribution is 14.1. The van der Waals surface area contributed by atoms with Gasteiger partial charge in [-0.15, -0.1) is 0 Å². The molecule has 0 saturated heterocycles. The number of halogens is 2. The second-order valence-electron chi connectivity index (χ2n) is 3.92. The molecule has 19 heavy (non-hydrogen) atoms. The molecular formula is C13H14FIO4. The molecule has 1 rings (SSSR count). The highest BCUT2D eigenvalue weighted by Crippen LogP contribution is 2.21. The molecule has 0 aromatic heterocycles. The van der Waals surface area contributed by atoms with Crippen LogP contribution >= 0.6 is 22.6 Å². The molecule has 4 nitrogen and oxygen atoms in total. The van der Waals surface area contributed by atoms with Gasteiger partial charge in [0, 0.05) is 5.57 Å². The fraction of sp³-hybridized carbons (Fsp3) is 0.308. The first-order valence-electron chi connectivity index (χ1n) is 5.48. The molecule has 104 valence electrons. The Kier molecular flexibility index (Phi) is 6.23. The lowest BCUT2D eigenvalue weighted by molar-refractivity contribution is -0.142. The number of rotatable bonds is 6. The van der Waals surface area contributed by atoms with Crippen LogP contribution in [-0.2, 0) is 9.53 Å². The summed E-state index contributed by atoms with van der Waals surface area (Å²) < 4.78 is 23.5. The van der Waals surface area contributed by atoms with Gasteiger partial charge in [0.2, 0.25) is 0 Å². The van der Waals surface area contributed by atoms with Crippen molar-refractivity contribution in [3.8, 4) is 5.75 Å². The molecule has 0 fully saturated rings. The largest absolute Gasteiger partial charge is 0.490 e. The van der Waals surface area contributed by atoms with Gasteiger partial charge in [-0.3, -0.25) is 0 Å². The number of benzene rings is 1. The molecule has 0 spiro atoms. The fourth-order valence-electron chi connectivity index (χ4n) is 1.12. The average Bonchev–Trinajstić information content (AvgIpc) is 2.34. The SMILES string of the molecule is C=C(C)C(=O)OCC(O)COc1ccc(F)cc1I. The van der Waals surface area contributed by atoms with Gasteiger partial charge in [-0.25, -0.2) is 9.18 Å². The summed E-state index contributed by atoms with van der Waals surface area (Å²) in [4.78, 5) is 11.1. The Balaban J connectivity index is 2.39. The van der Waals surface area contributed by atoms with Crippen LogP contribution in [0.4, 0.5) is 4.39 Å². The van der Waals surface area contributed by atoms with Crippen molar-refractivity contribution in [3.05, 3.63) is 39.7 Å². The predicted molar refractivity (Wildman–Crippen MR) is 76.4 cm³/mol. The first-order chi connectivity index (χ1) is 8.90. The van der Waals surface area contributed by atoms with Gasteiger partial charge in [-0.2, -0.15) is 0 Å². The van der Waals surface area contributed by atoms with Gasteiger partial charge in [0.15, 0.2) is 0 Å². The van der Waals surface area contributed by atoms with E-state index in [2.05, 4.69) is 6.58 Å². The van der Waals surface area contributed by atoms with Crippen LogP contribution < -0.4 is 4.74 Å². The van der Waals surface area contributed by atoms with Crippen LogP contribution in [0.1, 0.15) is 6.92 Å². The number of carbonyl (C=O) groups is 1. The second kappa shape index (κ2) is 7.44. The number of ether oxygens (including phenoxy) is 2. The minimum atomic E-state index is -0.954. The van der Waals surface area contributed by atoms with Crippen LogP contribution in [0.15, 0.2) is 30.4 Å². The minimum absolute atomic E-state index is 0.0505. The normalized spacial score (nSPS) is 11.8. The van der Waals surface area contributed by atoms with Crippen LogP contribution in [0.25, 0.3) is 0 Å². The first kappa shape index (κ1) is 15.9. The molecule has 1 aromatic carbocycles. The van der Waals surface area contributed by atoms with Crippen LogP contribution in [0.3, 0.4) is 0 Å². The van der Waals surface area contributed by atoms with Crippen molar-refractivity contribution < 1.29 is 23.8 Å². The zero-order chi connectivity index (χ0) is 14.4. The maximum Gasteiger partial charge on any atom is 0.333 e. The van der Waals surface area contributed by atoms with Crippen LogP contribution in [0.5, 0.6) is 5.75 Å². The quantitative estimate of drug-likeness (QED) is 0.468. The van der Waals surface area contributed by atoms with E-state index >= 15 is 0 Å². The lowest BCUT2D eigenvalue weighted by Crippen LogP contribution is -2.25. The van der Waals surface area contributed by atoms with Crippen molar-refractivity contribution in [2.75, 3.05) is 13.2 Å². The van der Waals surface area contributed by atoms with Crippen molar-refractivity contribution in [1.29, 1.82) is 0 Å². The van der Waals surface area contributed by atoms with Crippen molar-refractivity contribution in [1.82, 2.24) is 0 Å². The molecule has 1 N–H and O–H groups in total. The molecule has 0 aliphatic heterocycles. The zero-order valence-electron chi connectivity index (χ0n) is 10.4. The fourth-order valence-corrected chi connectivity index (χ4v) is 1.75. The third kappa shape index (κ3) is 5.56. The van der Waals surface area contributed by atoms with E-state index in [-0.39, 0.29) is 24.6 Å². The van der Waals surface area contributed by atoms with E-state index in [4.69, 9.17) is 9.47 Å². The van der Waals surface area contributed by atoms with Gasteiger partial charge >= 0.3 is 5.97 Å². The average molecular weight is 380 g/mol. The summed E-state index contributed by atoms with van der Waals surface area (Å²) in [5, 5.41) is 9.58. The second-order valence-corrected chi connectivity index (χ2v) is 5.08. The van der Waals surface area contributed by atoms with Gasteiger partial charge in [-0.1, -0.05) is 6.58 Å². The molecule has 0 aliphatic carbocycles. The number of hydrogen-bond donors (Lipinski definition) is 1. The third-order valence-corrected chi connectivity index (χ3v) is 2.92. The van der Waals surface area contributed by atoms with Gasteiger partial charge in [0.05, 0.1) is 3.57 Å². The van der Waals surface area contributed by atoms with Gasteiger partial charge in [0.25, 0.3) is 0 Å². The number of aliphatic hydroxyl groups is 1. The number of carbonyl (C=O) groups excluding carboxylic acids is 1. The van der Waals surface area contributed by atoms with Crippen molar-refractivity contribution >= 4 is 28.6 Å². The lowest BCUT2D eigenvalue weighted by Gasteiger charge is -2.13. The first-order valence-corrected chi connectivity index (χ1v) is 6.56. The van der Waals surface area contributed by atoms with E-state index in [1.165, 1.54) is 25.1 Å². The Labute approximate surface area is 124 Å². The summed E-state index contributed by atoms with van der Waals surface area (Å²) in [6.07, 6.45) is -0.954. The highest BCUT2D eigenvalue weighted by atomic mass is 127. The van der Waals surface area contributed by atoms with Crippen molar-refractivity contribution in [2.24, 2.45) is 0 Å². The Hall–Kier alpha value is -1.15. The third-order valence-electron chi connectivity index (χ3n) is 2.08. The number of hydrogen-bond acceptors (Lipinski definition) is 4. The van der Waals surface area contributed by atoms with Gasteiger partial charge in [-0.05, 0) is 47.7 Å². The maximum absolute atomic E-state index is 12.9. The maximum atomic E-state index is 12.9. The Morgan fingerprint density at radius 1 is 1.53 bits per heavy atom. The minimum Gasteiger partial charge on any atom is -0.490 e. The summed E-state index contributed by atoms with van der Waals surface area (Å²) in [5.74, 6) is -0.449. The lowest BCUT2D eigenvalue weighted by atomic mass is 10.3. The van der Waals surface area contributed by atoms with E-state index in [0.717, 1.165) is 0 Å². The molecule has 6 heteroatoms. The van der Waals surface area contributed by atoms with Gasteiger partial charge < -0.3 is 14.6 Å². The Morgan fingerprint density at radius 2 is 2.21 bits per heavy atom. The molecule has 0 bridgehead atoms. The summed E-state index contributed by atoms with van der Waals surface area (Å²) in [7, 11) is 0. The summed E-state index contributed by atoms with van der Waals surface area (Å²) in [6.45, 7) is 4.71. The molecule has 0 amide bonds. The van der Waals surface area contributed by atoms with E-state index in [1.807, 2.05) is 22.6 Å². The van der Waals surface area contributed by atoms with E-state index in [1.54, 1.807) is 0 Å². The standard InChI is InChI=1S/C13H14FIO4/c1-8(2)13(17)19-7-10(16)6-18-12-4-3-9(14)5-11(12)15/h3-5,10,16H,1,6-7H2,2H3.